The number of nitrogens with zero attached hydrogens (tertiary/aromatic N) is 2. The van der Waals surface area contributed by atoms with Gasteiger partial charge in [0.2, 0.25) is 5.70 Å². The number of ether oxygens (including phenoxy) is 1. The van der Waals surface area contributed by atoms with E-state index in [1.165, 1.54) is 36.1 Å². The lowest BCUT2D eigenvalue weighted by Crippen LogP contribution is -2.39. The molecule has 2 atom stereocenters. The summed E-state index contributed by atoms with van der Waals surface area (Å²) in [6.07, 6.45) is 7.21. The molecule has 0 radical (unpaired) electrons. The zero-order chi connectivity index (χ0) is 26.1. The van der Waals surface area contributed by atoms with Crippen LogP contribution in [0.5, 0.6) is 5.75 Å². The van der Waals surface area contributed by atoms with Crippen molar-refractivity contribution in [2.45, 2.75) is 58.9 Å². The lowest BCUT2D eigenvalue weighted by atomic mass is 9.74. The standard InChI is InChI=1S/C21H22ClNO2.C4H8.C3H5NO2/c1-13(24)25-20-12-17-15(11-18(20)22)9-10-23(2)19-8-7-14-5-3-4-6-16(14)21(17)19;1-3-4-2;1-3(2)4(5)6/h3-6,11-12,19,21H,7-10H2,1-2H3;3-4H,1-2H3;1H2,2H3/b;4-3-;/t19?,21-;;/m1../s1. The molecule has 1 aliphatic heterocycles. The average Bonchev–Trinajstić information content (AvgIpc) is 2.96. The molecule has 0 aromatic heterocycles. The third-order valence-electron chi connectivity index (χ3n) is 6.21. The van der Waals surface area contributed by atoms with E-state index in [2.05, 4.69) is 42.8 Å². The molecule has 7 heteroatoms. The summed E-state index contributed by atoms with van der Waals surface area (Å²) >= 11 is 6.38. The van der Waals surface area contributed by atoms with Crippen LogP contribution in [-0.2, 0) is 17.6 Å². The van der Waals surface area contributed by atoms with Crippen molar-refractivity contribution < 1.29 is 14.5 Å². The van der Waals surface area contributed by atoms with Crippen molar-refractivity contribution in [1.29, 1.82) is 0 Å². The molecule has 0 saturated carbocycles. The molecule has 0 amide bonds. The lowest BCUT2D eigenvalue weighted by molar-refractivity contribution is -0.423. The van der Waals surface area contributed by atoms with Gasteiger partial charge in [-0.05, 0) is 81.1 Å². The van der Waals surface area contributed by atoms with E-state index >= 15 is 0 Å². The Hall–Kier alpha value is -2.96. The summed E-state index contributed by atoms with van der Waals surface area (Å²) in [6, 6.07) is 13.2. The van der Waals surface area contributed by atoms with Crippen molar-refractivity contribution >= 4 is 17.6 Å². The van der Waals surface area contributed by atoms with E-state index in [0.717, 1.165) is 25.8 Å². The number of carbonyl (C=O) groups excluding carboxylic acids is 1. The van der Waals surface area contributed by atoms with Crippen LogP contribution >= 0.6 is 11.6 Å². The molecule has 2 aromatic rings. The van der Waals surface area contributed by atoms with Gasteiger partial charge in [-0.1, -0.05) is 48.0 Å². The highest BCUT2D eigenvalue weighted by molar-refractivity contribution is 6.32. The van der Waals surface area contributed by atoms with Gasteiger partial charge >= 0.3 is 5.97 Å². The van der Waals surface area contributed by atoms with Crippen LogP contribution in [0, 0.1) is 10.1 Å². The zero-order valence-electron chi connectivity index (χ0n) is 21.2. The minimum absolute atomic E-state index is 0.0185. The van der Waals surface area contributed by atoms with Gasteiger partial charge in [-0.2, -0.15) is 0 Å². The van der Waals surface area contributed by atoms with Crippen LogP contribution in [0.1, 0.15) is 62.3 Å². The predicted molar refractivity (Wildman–Crippen MR) is 142 cm³/mol. The molecular formula is C28H35ClN2O4. The highest BCUT2D eigenvalue weighted by Gasteiger charge is 2.36. The molecule has 1 unspecified atom stereocenters. The molecule has 0 spiro atoms. The van der Waals surface area contributed by atoms with Crippen LogP contribution in [0.15, 0.2) is 60.8 Å². The normalized spacial score (nSPS) is 18.3. The molecule has 0 fully saturated rings. The Kier molecular flexibility index (Phi) is 10.7. The molecule has 188 valence electrons. The number of allylic oxidation sites excluding steroid dienone is 3. The summed E-state index contributed by atoms with van der Waals surface area (Å²) in [6.45, 7) is 10.8. The van der Waals surface area contributed by atoms with Crippen LogP contribution in [-0.4, -0.2) is 35.4 Å². The van der Waals surface area contributed by atoms with Crippen molar-refractivity contribution in [1.82, 2.24) is 4.90 Å². The van der Waals surface area contributed by atoms with Crippen molar-refractivity contribution in [3.05, 3.63) is 98.2 Å². The molecule has 35 heavy (non-hydrogen) atoms. The molecule has 6 nitrogen and oxygen atoms in total. The lowest BCUT2D eigenvalue weighted by Gasteiger charge is -2.38. The summed E-state index contributed by atoms with van der Waals surface area (Å²) in [7, 11) is 2.21. The fourth-order valence-electron chi connectivity index (χ4n) is 4.40. The van der Waals surface area contributed by atoms with Crippen molar-refractivity contribution in [3.8, 4) is 5.75 Å². The number of aryl methyl sites for hydroxylation is 1. The Labute approximate surface area is 213 Å². The fourth-order valence-corrected chi connectivity index (χ4v) is 4.63. The Balaban J connectivity index is 0.000000368. The van der Waals surface area contributed by atoms with Gasteiger partial charge < -0.3 is 9.64 Å². The molecular weight excluding hydrogens is 464 g/mol. The first-order chi connectivity index (χ1) is 16.6. The first kappa shape index (κ1) is 28.3. The topological polar surface area (TPSA) is 72.7 Å². The van der Waals surface area contributed by atoms with Crippen LogP contribution in [0.4, 0.5) is 0 Å². The quantitative estimate of drug-likeness (QED) is 0.154. The summed E-state index contributed by atoms with van der Waals surface area (Å²) in [5.74, 6) is 0.423. The van der Waals surface area contributed by atoms with E-state index in [1.54, 1.807) is 0 Å². The number of fused-ring (bicyclic) bond motifs is 5. The number of benzene rings is 2. The van der Waals surface area contributed by atoms with Crippen LogP contribution in [0.3, 0.4) is 0 Å². The van der Waals surface area contributed by atoms with Gasteiger partial charge in [0, 0.05) is 32.4 Å². The van der Waals surface area contributed by atoms with E-state index in [0.29, 0.717) is 22.7 Å². The second-order valence-electron chi connectivity index (χ2n) is 8.75. The molecule has 2 aliphatic rings. The molecule has 1 heterocycles. The Bertz CT molecular complexity index is 1080. The third kappa shape index (κ3) is 7.51. The fraction of sp³-hybridized carbons (Fsp3) is 0.393. The van der Waals surface area contributed by atoms with E-state index in [9.17, 15) is 14.9 Å². The third-order valence-corrected chi connectivity index (χ3v) is 6.51. The summed E-state index contributed by atoms with van der Waals surface area (Å²) in [5, 5.41) is 9.92. The van der Waals surface area contributed by atoms with Crippen molar-refractivity contribution in [2.24, 2.45) is 0 Å². The van der Waals surface area contributed by atoms with E-state index in [1.807, 2.05) is 38.1 Å². The van der Waals surface area contributed by atoms with Gasteiger partial charge in [0.25, 0.3) is 0 Å². The van der Waals surface area contributed by atoms with Gasteiger partial charge in [0.1, 0.15) is 5.75 Å². The molecule has 1 aliphatic carbocycles. The maximum atomic E-state index is 11.4. The highest BCUT2D eigenvalue weighted by Crippen LogP contribution is 2.44. The minimum Gasteiger partial charge on any atom is -0.425 e. The SMILES string of the molecule is C/C=C\C.C=C(C)[N+](=O)[O-].CC(=O)Oc1cc2c(cc1Cl)CCN(C)C1CCc3ccccc3[C@H]21. The molecule has 2 aromatic carbocycles. The van der Waals surface area contributed by atoms with E-state index in [4.69, 9.17) is 16.3 Å². The number of hydrogen-bond acceptors (Lipinski definition) is 5. The monoisotopic (exact) mass is 498 g/mol. The van der Waals surface area contributed by atoms with Crippen LogP contribution in [0.25, 0.3) is 0 Å². The van der Waals surface area contributed by atoms with Gasteiger partial charge in [-0.25, -0.2) is 0 Å². The minimum atomic E-state index is -0.528. The summed E-state index contributed by atoms with van der Waals surface area (Å²) < 4.78 is 5.36. The first-order valence-electron chi connectivity index (χ1n) is 11.8. The largest absolute Gasteiger partial charge is 0.425 e. The number of halogens is 1. The number of hydrogen-bond donors (Lipinski definition) is 0. The van der Waals surface area contributed by atoms with E-state index in [-0.39, 0.29) is 11.7 Å². The van der Waals surface area contributed by atoms with Gasteiger partial charge in [0.15, 0.2) is 0 Å². The Morgan fingerprint density at radius 1 is 1.14 bits per heavy atom. The van der Waals surface area contributed by atoms with Gasteiger partial charge in [-0.3, -0.25) is 14.9 Å². The maximum Gasteiger partial charge on any atom is 0.308 e. The summed E-state index contributed by atoms with van der Waals surface area (Å²) in [4.78, 5) is 22.8. The zero-order valence-corrected chi connectivity index (χ0v) is 22.0. The maximum absolute atomic E-state index is 11.4. The number of nitro groups is 1. The summed E-state index contributed by atoms with van der Waals surface area (Å²) in [5.41, 5.74) is 5.31. The molecule has 0 saturated heterocycles. The van der Waals surface area contributed by atoms with Crippen molar-refractivity contribution in [2.75, 3.05) is 13.6 Å². The Morgan fingerprint density at radius 3 is 2.34 bits per heavy atom. The Morgan fingerprint density at radius 2 is 1.77 bits per heavy atom. The number of esters is 1. The molecule has 0 N–H and O–H groups in total. The van der Waals surface area contributed by atoms with Gasteiger partial charge in [0.05, 0.1) is 9.95 Å². The van der Waals surface area contributed by atoms with Crippen LogP contribution in [0.2, 0.25) is 5.02 Å². The number of rotatable bonds is 2. The smallest absolute Gasteiger partial charge is 0.308 e. The second kappa shape index (κ2) is 13.2. The average molecular weight is 499 g/mol. The number of carbonyl (C=O) groups is 1. The second-order valence-corrected chi connectivity index (χ2v) is 9.15. The molecule has 0 bridgehead atoms. The van der Waals surface area contributed by atoms with Crippen molar-refractivity contribution in [3.63, 3.8) is 0 Å². The van der Waals surface area contributed by atoms with E-state index < -0.39 is 4.92 Å². The number of likely N-dealkylation sites (N-methyl/N-ethyl adjacent to an activating group) is 1. The molecule has 4 rings (SSSR count). The first-order valence-corrected chi connectivity index (χ1v) is 12.1. The predicted octanol–water partition coefficient (Wildman–Crippen LogP) is 6.58. The van der Waals surface area contributed by atoms with Crippen LogP contribution < -0.4 is 4.74 Å². The highest BCUT2D eigenvalue weighted by atomic mass is 35.5. The van der Waals surface area contributed by atoms with Gasteiger partial charge in [-0.15, -0.1) is 0 Å².